The molecule has 0 aliphatic carbocycles. The summed E-state index contributed by atoms with van der Waals surface area (Å²) in [5, 5.41) is 11.7. The molecule has 0 fully saturated rings. The quantitative estimate of drug-likeness (QED) is 0.0201. The van der Waals surface area contributed by atoms with E-state index in [-0.39, 0.29) is 38.6 Å². The van der Waals surface area contributed by atoms with Crippen LogP contribution < -0.4 is 5.11 Å². The normalized spacial score (nSPS) is 13.4. The monoisotopic (exact) mass is 762 g/mol. The van der Waals surface area contributed by atoms with E-state index in [1.54, 1.807) is 0 Å². The van der Waals surface area contributed by atoms with Crippen molar-refractivity contribution < 1.29 is 42.9 Å². The molecule has 0 aromatic carbocycles. The highest BCUT2D eigenvalue weighted by molar-refractivity contribution is 5.70. The standard InChI is InChI=1S/C45H79NO8/c1-6-8-10-12-14-16-18-20-22-24-26-28-30-32-34-36-43(48)54-41(40-53-45(44(49)50)51-38-37-46(3,4)5)39-52-42(47)35-33-31-29-27-25-23-21-19-17-15-13-11-9-7-2/h8,10,14,16,19-22,41,45H,6-7,9,11-13,15,17-18,23-40H2,1-5H3/b10-8-,16-14-,21-19-,22-20-. The second-order valence-electron chi connectivity index (χ2n) is 15.2. The Hall–Kier alpha value is -2.75. The van der Waals surface area contributed by atoms with E-state index in [1.807, 2.05) is 21.1 Å². The number of carboxylic acids is 1. The van der Waals surface area contributed by atoms with Gasteiger partial charge < -0.3 is 33.3 Å². The summed E-state index contributed by atoms with van der Waals surface area (Å²) in [6, 6.07) is 0. The van der Waals surface area contributed by atoms with Crippen LogP contribution in [0.25, 0.3) is 0 Å². The number of likely N-dealkylation sites (N-methyl/N-ethyl adjacent to an activating group) is 1. The summed E-state index contributed by atoms with van der Waals surface area (Å²) >= 11 is 0. The first-order valence-electron chi connectivity index (χ1n) is 21.3. The van der Waals surface area contributed by atoms with Gasteiger partial charge in [-0.25, -0.2) is 0 Å². The molecule has 0 aromatic heterocycles. The highest BCUT2D eigenvalue weighted by atomic mass is 16.7. The summed E-state index contributed by atoms with van der Waals surface area (Å²) in [6.45, 7) is 4.57. The van der Waals surface area contributed by atoms with E-state index >= 15 is 0 Å². The van der Waals surface area contributed by atoms with Crippen molar-refractivity contribution in [1.29, 1.82) is 0 Å². The number of nitrogens with zero attached hydrogens (tertiary/aromatic N) is 1. The first kappa shape index (κ1) is 51.2. The summed E-state index contributed by atoms with van der Waals surface area (Å²) in [7, 11) is 5.89. The molecule has 0 N–H and O–H groups in total. The molecule has 0 saturated heterocycles. The zero-order chi connectivity index (χ0) is 40.0. The number of hydrogen-bond acceptors (Lipinski definition) is 8. The molecule has 0 aromatic rings. The van der Waals surface area contributed by atoms with Crippen LogP contribution in [0.1, 0.15) is 162 Å². The maximum atomic E-state index is 12.7. The molecule has 2 unspecified atom stereocenters. The molecule has 0 aliphatic rings. The molecule has 9 heteroatoms. The second kappa shape index (κ2) is 37.2. The summed E-state index contributed by atoms with van der Waals surface area (Å²) in [6.07, 6.45) is 38.5. The molecule has 0 spiro atoms. The SMILES string of the molecule is CC/C=C\C/C=C\C/C=C\CCCCCCCC(=O)OC(COC(=O)CCCCCCC/C=C\CCCCCCC)COC(OCC[N+](C)(C)C)C(=O)[O-]. The van der Waals surface area contributed by atoms with Crippen molar-refractivity contribution in [3.63, 3.8) is 0 Å². The molecule has 0 amide bonds. The molecule has 0 saturated carbocycles. The molecule has 9 nitrogen and oxygen atoms in total. The lowest BCUT2D eigenvalue weighted by atomic mass is 10.1. The number of allylic oxidation sites excluding steroid dienone is 8. The maximum absolute atomic E-state index is 12.7. The van der Waals surface area contributed by atoms with Gasteiger partial charge in [0.1, 0.15) is 13.2 Å². The third kappa shape index (κ3) is 37.6. The van der Waals surface area contributed by atoms with Gasteiger partial charge in [0.2, 0.25) is 0 Å². The fourth-order valence-corrected chi connectivity index (χ4v) is 5.48. The predicted octanol–water partition coefficient (Wildman–Crippen LogP) is 9.49. The van der Waals surface area contributed by atoms with Gasteiger partial charge in [0.25, 0.3) is 0 Å². The Morgan fingerprint density at radius 1 is 0.574 bits per heavy atom. The Morgan fingerprint density at radius 2 is 1.06 bits per heavy atom. The van der Waals surface area contributed by atoms with E-state index in [2.05, 4.69) is 62.5 Å². The Morgan fingerprint density at radius 3 is 1.59 bits per heavy atom. The summed E-state index contributed by atoms with van der Waals surface area (Å²) in [5.41, 5.74) is 0. The van der Waals surface area contributed by atoms with Gasteiger partial charge in [-0.1, -0.05) is 127 Å². The van der Waals surface area contributed by atoms with Crippen LogP contribution in [0, 0.1) is 0 Å². The van der Waals surface area contributed by atoms with Crippen molar-refractivity contribution in [3.8, 4) is 0 Å². The topological polar surface area (TPSA) is 111 Å². The summed E-state index contributed by atoms with van der Waals surface area (Å²) in [5.74, 6) is -2.33. The number of carbonyl (C=O) groups excluding carboxylic acids is 3. The third-order valence-corrected chi connectivity index (χ3v) is 8.81. The molecule has 0 rings (SSSR count). The van der Waals surface area contributed by atoms with Crippen LogP contribution in [-0.2, 0) is 33.3 Å². The Kier molecular flexibility index (Phi) is 35.3. The number of unbranched alkanes of at least 4 members (excludes halogenated alkanes) is 15. The molecular weight excluding hydrogens is 682 g/mol. The van der Waals surface area contributed by atoms with Crippen LogP contribution in [-0.4, -0.2) is 82.3 Å². The minimum Gasteiger partial charge on any atom is -0.545 e. The maximum Gasteiger partial charge on any atom is 0.306 e. The van der Waals surface area contributed by atoms with E-state index in [1.165, 1.54) is 38.5 Å². The van der Waals surface area contributed by atoms with Crippen molar-refractivity contribution >= 4 is 17.9 Å². The van der Waals surface area contributed by atoms with Crippen molar-refractivity contribution in [1.82, 2.24) is 0 Å². The van der Waals surface area contributed by atoms with Gasteiger partial charge in [-0.3, -0.25) is 9.59 Å². The first-order chi connectivity index (χ1) is 26.1. The van der Waals surface area contributed by atoms with Gasteiger partial charge in [0.05, 0.1) is 40.3 Å². The lowest BCUT2D eigenvalue weighted by Crippen LogP contribution is -2.44. The minimum absolute atomic E-state index is 0.141. The smallest absolute Gasteiger partial charge is 0.306 e. The molecule has 312 valence electrons. The lowest BCUT2D eigenvalue weighted by molar-refractivity contribution is -0.870. The molecule has 0 bridgehead atoms. The van der Waals surface area contributed by atoms with Crippen LogP contribution in [0.2, 0.25) is 0 Å². The van der Waals surface area contributed by atoms with Crippen molar-refractivity contribution in [3.05, 3.63) is 48.6 Å². The van der Waals surface area contributed by atoms with E-state index in [0.29, 0.717) is 17.4 Å². The average molecular weight is 762 g/mol. The van der Waals surface area contributed by atoms with Crippen LogP contribution in [0.4, 0.5) is 0 Å². The molecule has 54 heavy (non-hydrogen) atoms. The fourth-order valence-electron chi connectivity index (χ4n) is 5.48. The highest BCUT2D eigenvalue weighted by Gasteiger charge is 2.21. The van der Waals surface area contributed by atoms with Gasteiger partial charge in [0.15, 0.2) is 12.4 Å². The molecule has 0 radical (unpaired) electrons. The first-order valence-corrected chi connectivity index (χ1v) is 21.3. The third-order valence-electron chi connectivity index (χ3n) is 8.81. The number of aliphatic carboxylic acids is 1. The summed E-state index contributed by atoms with van der Waals surface area (Å²) < 4.78 is 22.5. The van der Waals surface area contributed by atoms with Crippen LogP contribution in [0.15, 0.2) is 48.6 Å². The zero-order valence-electron chi connectivity index (χ0n) is 35.1. The molecular formula is C45H79NO8. The average Bonchev–Trinajstić information content (AvgIpc) is 3.12. The molecule has 0 heterocycles. The Bertz CT molecular complexity index is 1030. The number of carboxylic acid groups (broad SMARTS) is 1. The van der Waals surface area contributed by atoms with E-state index in [9.17, 15) is 19.5 Å². The lowest BCUT2D eigenvalue weighted by Gasteiger charge is -2.26. The van der Waals surface area contributed by atoms with Crippen molar-refractivity contribution in [2.45, 2.75) is 174 Å². The Labute approximate surface area is 330 Å². The second-order valence-corrected chi connectivity index (χ2v) is 15.2. The number of rotatable bonds is 38. The van der Waals surface area contributed by atoms with Crippen LogP contribution in [0.3, 0.4) is 0 Å². The minimum atomic E-state index is -1.63. The van der Waals surface area contributed by atoms with Gasteiger partial charge in [-0.2, -0.15) is 0 Å². The van der Waals surface area contributed by atoms with Gasteiger partial charge >= 0.3 is 11.9 Å². The number of carbonyl (C=O) groups is 3. The van der Waals surface area contributed by atoms with E-state index in [4.69, 9.17) is 18.9 Å². The Balaban J connectivity index is 4.53. The van der Waals surface area contributed by atoms with Gasteiger partial charge in [-0.15, -0.1) is 0 Å². The summed E-state index contributed by atoms with van der Waals surface area (Å²) in [4.78, 5) is 36.9. The largest absolute Gasteiger partial charge is 0.545 e. The number of esters is 2. The van der Waals surface area contributed by atoms with Crippen LogP contribution in [0.5, 0.6) is 0 Å². The van der Waals surface area contributed by atoms with Gasteiger partial charge in [0, 0.05) is 12.8 Å². The van der Waals surface area contributed by atoms with Crippen molar-refractivity contribution in [2.24, 2.45) is 0 Å². The number of hydrogen-bond donors (Lipinski definition) is 0. The molecule has 2 atom stereocenters. The highest BCUT2D eigenvalue weighted by Crippen LogP contribution is 2.12. The fraction of sp³-hybridized carbons (Fsp3) is 0.756. The number of quaternary nitrogens is 1. The van der Waals surface area contributed by atoms with E-state index < -0.39 is 24.3 Å². The van der Waals surface area contributed by atoms with Crippen molar-refractivity contribution in [2.75, 3.05) is 47.5 Å². The van der Waals surface area contributed by atoms with Crippen LogP contribution >= 0.6 is 0 Å². The van der Waals surface area contributed by atoms with E-state index in [0.717, 1.165) is 89.9 Å². The molecule has 0 aliphatic heterocycles. The predicted molar refractivity (Wildman–Crippen MR) is 219 cm³/mol. The zero-order valence-corrected chi connectivity index (χ0v) is 35.1. The van der Waals surface area contributed by atoms with Gasteiger partial charge in [-0.05, 0) is 70.6 Å². The number of ether oxygens (including phenoxy) is 4.